The van der Waals surface area contributed by atoms with Crippen LogP contribution in [0, 0.1) is 5.92 Å². The van der Waals surface area contributed by atoms with Gasteiger partial charge >= 0.3 is 0 Å². The molecule has 0 aromatic carbocycles. The normalized spacial score (nSPS) is 16.7. The number of pyridine rings is 1. The Hall–Kier alpha value is -1.78. The first-order valence-electron chi connectivity index (χ1n) is 8.90. The molecule has 2 rings (SSSR count). The molecule has 128 valence electrons. The third kappa shape index (κ3) is 5.41. The Morgan fingerprint density at radius 1 is 1.30 bits per heavy atom. The fourth-order valence-corrected chi connectivity index (χ4v) is 3.00. The van der Waals surface area contributed by atoms with Crippen LogP contribution in [-0.4, -0.2) is 43.7 Å². The van der Waals surface area contributed by atoms with Gasteiger partial charge in [0.25, 0.3) is 0 Å². The Balaban J connectivity index is 1.76. The summed E-state index contributed by atoms with van der Waals surface area (Å²) in [6.45, 7) is 7.58. The van der Waals surface area contributed by atoms with Gasteiger partial charge in [-0.05, 0) is 30.9 Å². The van der Waals surface area contributed by atoms with Crippen molar-refractivity contribution in [2.75, 3.05) is 31.6 Å². The van der Waals surface area contributed by atoms with E-state index in [1.54, 1.807) is 0 Å². The molecule has 1 aromatic heterocycles. The molecule has 0 unspecified atom stereocenters. The van der Waals surface area contributed by atoms with Crippen LogP contribution in [0.3, 0.4) is 0 Å². The molecular formula is C18H31N5. The molecule has 0 atom stereocenters. The summed E-state index contributed by atoms with van der Waals surface area (Å²) in [5.41, 5.74) is 0. The molecule has 0 aliphatic carbocycles. The number of piperidine rings is 1. The van der Waals surface area contributed by atoms with Crippen molar-refractivity contribution in [3.63, 3.8) is 0 Å². The highest BCUT2D eigenvalue weighted by atomic mass is 15.2. The van der Waals surface area contributed by atoms with Crippen LogP contribution in [0.5, 0.6) is 0 Å². The number of hydrogen-bond acceptors (Lipinski definition) is 3. The van der Waals surface area contributed by atoms with Gasteiger partial charge in [-0.2, -0.15) is 0 Å². The van der Waals surface area contributed by atoms with Crippen LogP contribution in [0.2, 0.25) is 0 Å². The lowest BCUT2D eigenvalue weighted by Crippen LogP contribution is -2.49. The van der Waals surface area contributed by atoms with Crippen molar-refractivity contribution in [2.45, 2.75) is 45.6 Å². The van der Waals surface area contributed by atoms with E-state index < -0.39 is 0 Å². The number of nitrogens with zero attached hydrogens (tertiary/aromatic N) is 3. The van der Waals surface area contributed by atoms with Gasteiger partial charge in [-0.25, -0.2) is 4.98 Å². The Kier molecular flexibility index (Phi) is 7.17. The third-order valence-electron chi connectivity index (χ3n) is 4.75. The Bertz CT molecular complexity index is 462. The summed E-state index contributed by atoms with van der Waals surface area (Å²) in [6, 6.07) is 6.59. The van der Waals surface area contributed by atoms with Crippen LogP contribution in [0.15, 0.2) is 29.4 Å². The van der Waals surface area contributed by atoms with Crippen molar-refractivity contribution in [3.8, 4) is 0 Å². The lowest BCUT2D eigenvalue weighted by Gasteiger charge is -2.34. The second-order valence-corrected chi connectivity index (χ2v) is 6.23. The highest BCUT2D eigenvalue weighted by Gasteiger charge is 2.20. The molecule has 2 heterocycles. The highest BCUT2D eigenvalue weighted by Crippen LogP contribution is 2.17. The van der Waals surface area contributed by atoms with Gasteiger partial charge < -0.3 is 15.5 Å². The fraction of sp³-hybridized carbons (Fsp3) is 0.667. The lowest BCUT2D eigenvalue weighted by atomic mass is 10.0. The van der Waals surface area contributed by atoms with E-state index in [1.807, 2.05) is 19.3 Å². The topological polar surface area (TPSA) is 52.6 Å². The van der Waals surface area contributed by atoms with Gasteiger partial charge in [0.2, 0.25) is 0 Å². The van der Waals surface area contributed by atoms with Crippen molar-refractivity contribution >= 4 is 11.8 Å². The molecule has 1 aromatic rings. The highest BCUT2D eigenvalue weighted by molar-refractivity contribution is 5.80. The first kappa shape index (κ1) is 17.6. The monoisotopic (exact) mass is 317 g/mol. The average Bonchev–Trinajstić information content (AvgIpc) is 2.62. The fourth-order valence-electron chi connectivity index (χ4n) is 3.00. The number of aromatic nitrogens is 1. The van der Waals surface area contributed by atoms with Crippen molar-refractivity contribution < 1.29 is 0 Å². The van der Waals surface area contributed by atoms with E-state index in [4.69, 9.17) is 0 Å². The Labute approximate surface area is 140 Å². The van der Waals surface area contributed by atoms with Crippen LogP contribution < -0.4 is 15.5 Å². The third-order valence-corrected chi connectivity index (χ3v) is 4.75. The van der Waals surface area contributed by atoms with Gasteiger partial charge in [-0.3, -0.25) is 4.99 Å². The van der Waals surface area contributed by atoms with Crippen molar-refractivity contribution in [1.82, 2.24) is 15.6 Å². The van der Waals surface area contributed by atoms with E-state index in [0.717, 1.165) is 50.2 Å². The summed E-state index contributed by atoms with van der Waals surface area (Å²) in [4.78, 5) is 11.2. The Morgan fingerprint density at radius 3 is 2.61 bits per heavy atom. The van der Waals surface area contributed by atoms with E-state index in [-0.39, 0.29) is 0 Å². The summed E-state index contributed by atoms with van der Waals surface area (Å²) in [5.74, 6) is 2.75. The van der Waals surface area contributed by atoms with E-state index in [9.17, 15) is 0 Å². The second-order valence-electron chi connectivity index (χ2n) is 6.23. The van der Waals surface area contributed by atoms with Gasteiger partial charge in [-0.1, -0.05) is 32.8 Å². The van der Waals surface area contributed by atoms with Crippen molar-refractivity contribution in [2.24, 2.45) is 10.9 Å². The molecular weight excluding hydrogens is 286 g/mol. The van der Waals surface area contributed by atoms with Crippen LogP contribution in [-0.2, 0) is 0 Å². The summed E-state index contributed by atoms with van der Waals surface area (Å²) >= 11 is 0. The van der Waals surface area contributed by atoms with E-state index in [1.165, 1.54) is 12.8 Å². The molecule has 5 nitrogen and oxygen atoms in total. The first-order chi connectivity index (χ1) is 11.3. The van der Waals surface area contributed by atoms with Crippen LogP contribution in [0.1, 0.15) is 39.5 Å². The molecule has 0 radical (unpaired) electrons. The molecule has 0 saturated carbocycles. The summed E-state index contributed by atoms with van der Waals surface area (Å²) in [6.07, 6.45) is 6.51. The minimum atomic E-state index is 0.489. The Morgan fingerprint density at radius 2 is 2.04 bits per heavy atom. The van der Waals surface area contributed by atoms with Gasteiger partial charge in [0, 0.05) is 38.9 Å². The maximum Gasteiger partial charge on any atom is 0.191 e. The molecule has 1 saturated heterocycles. The molecule has 0 spiro atoms. The first-order valence-corrected chi connectivity index (χ1v) is 8.90. The minimum absolute atomic E-state index is 0.489. The smallest absolute Gasteiger partial charge is 0.191 e. The number of aliphatic imine (C=N–C) groups is 1. The average molecular weight is 317 g/mol. The number of hydrogen-bond donors (Lipinski definition) is 2. The SMILES string of the molecule is CCC(CC)CNC(=NC)NC1CCN(c2ccccn2)CC1. The molecule has 1 fully saturated rings. The van der Waals surface area contributed by atoms with Crippen molar-refractivity contribution in [1.29, 1.82) is 0 Å². The van der Waals surface area contributed by atoms with Gasteiger partial charge in [0.1, 0.15) is 5.82 Å². The van der Waals surface area contributed by atoms with Gasteiger partial charge in [0.15, 0.2) is 5.96 Å². The molecule has 1 aliphatic rings. The van der Waals surface area contributed by atoms with Crippen LogP contribution >= 0.6 is 0 Å². The molecule has 23 heavy (non-hydrogen) atoms. The van der Waals surface area contributed by atoms with Crippen LogP contribution in [0.25, 0.3) is 0 Å². The van der Waals surface area contributed by atoms with E-state index in [0.29, 0.717) is 6.04 Å². The van der Waals surface area contributed by atoms with Gasteiger partial charge in [-0.15, -0.1) is 0 Å². The molecule has 5 heteroatoms. The number of rotatable bonds is 6. The van der Waals surface area contributed by atoms with Crippen molar-refractivity contribution in [3.05, 3.63) is 24.4 Å². The zero-order valence-corrected chi connectivity index (χ0v) is 14.8. The predicted molar refractivity (Wildman–Crippen MR) is 98.0 cm³/mol. The largest absolute Gasteiger partial charge is 0.356 e. The van der Waals surface area contributed by atoms with E-state index in [2.05, 4.69) is 51.5 Å². The predicted octanol–water partition coefficient (Wildman–Crippen LogP) is 2.65. The van der Waals surface area contributed by atoms with Gasteiger partial charge in [0.05, 0.1) is 0 Å². The number of nitrogens with one attached hydrogen (secondary N) is 2. The number of anilines is 1. The zero-order chi connectivity index (χ0) is 16.5. The van der Waals surface area contributed by atoms with Crippen LogP contribution in [0.4, 0.5) is 5.82 Å². The van der Waals surface area contributed by atoms with E-state index >= 15 is 0 Å². The molecule has 2 N–H and O–H groups in total. The number of guanidine groups is 1. The summed E-state index contributed by atoms with van der Waals surface area (Å²) < 4.78 is 0. The maximum absolute atomic E-state index is 4.44. The molecule has 0 amide bonds. The molecule has 1 aliphatic heterocycles. The standard InChI is InChI=1S/C18H31N5/c1-4-15(5-2)14-21-18(19-3)22-16-9-12-23(13-10-16)17-8-6-7-11-20-17/h6-8,11,15-16H,4-5,9-10,12-14H2,1-3H3,(H2,19,21,22). The molecule has 0 bridgehead atoms. The zero-order valence-electron chi connectivity index (χ0n) is 14.8. The quantitative estimate of drug-likeness (QED) is 0.625. The lowest BCUT2D eigenvalue weighted by molar-refractivity contribution is 0.448. The summed E-state index contributed by atoms with van der Waals surface area (Å²) in [5, 5.41) is 7.05. The maximum atomic E-state index is 4.44. The minimum Gasteiger partial charge on any atom is -0.356 e. The summed E-state index contributed by atoms with van der Waals surface area (Å²) in [7, 11) is 1.85. The second kappa shape index (κ2) is 9.38.